The fourth-order valence-corrected chi connectivity index (χ4v) is 3.26. The van der Waals surface area contributed by atoms with Gasteiger partial charge >= 0.3 is 0 Å². The molecule has 0 saturated carbocycles. The predicted octanol–water partition coefficient (Wildman–Crippen LogP) is 3.84. The standard InChI is InChI=1S/C20H21ClN2O3/c1-26-18-7-5-15(6-8-18)20(25)23-11-9-14(10-12-23)19(24)22-17-4-2-3-16(21)13-17/h2-8,13-14H,9-12H2,1H3,(H,22,24). The molecule has 2 aromatic rings. The molecule has 1 N–H and O–H groups in total. The van der Waals surface area contributed by atoms with Crippen molar-refractivity contribution in [3.05, 3.63) is 59.1 Å². The second kappa shape index (κ2) is 8.23. The molecule has 1 saturated heterocycles. The van der Waals surface area contributed by atoms with Crippen molar-refractivity contribution in [1.82, 2.24) is 4.90 Å². The predicted molar refractivity (Wildman–Crippen MR) is 102 cm³/mol. The molecule has 136 valence electrons. The van der Waals surface area contributed by atoms with Gasteiger partial charge in [0.1, 0.15) is 5.75 Å². The number of halogens is 1. The summed E-state index contributed by atoms with van der Waals surface area (Å²) in [6.07, 6.45) is 1.29. The van der Waals surface area contributed by atoms with Crippen LogP contribution in [-0.4, -0.2) is 36.9 Å². The summed E-state index contributed by atoms with van der Waals surface area (Å²) in [6, 6.07) is 14.2. The molecular weight excluding hydrogens is 352 g/mol. The molecule has 1 aliphatic heterocycles. The van der Waals surface area contributed by atoms with E-state index >= 15 is 0 Å². The van der Waals surface area contributed by atoms with Crippen LogP contribution < -0.4 is 10.1 Å². The zero-order chi connectivity index (χ0) is 18.5. The number of ether oxygens (including phenoxy) is 1. The lowest BCUT2D eigenvalue weighted by molar-refractivity contribution is -0.121. The van der Waals surface area contributed by atoms with Gasteiger partial charge in [-0.25, -0.2) is 0 Å². The van der Waals surface area contributed by atoms with Crippen molar-refractivity contribution >= 4 is 29.1 Å². The van der Waals surface area contributed by atoms with Crippen LogP contribution in [0.4, 0.5) is 5.69 Å². The van der Waals surface area contributed by atoms with Gasteiger partial charge in [-0.05, 0) is 55.3 Å². The van der Waals surface area contributed by atoms with Crippen LogP contribution in [0.1, 0.15) is 23.2 Å². The monoisotopic (exact) mass is 372 g/mol. The number of carbonyl (C=O) groups excluding carboxylic acids is 2. The third-order valence-corrected chi connectivity index (χ3v) is 4.82. The van der Waals surface area contributed by atoms with Crippen LogP contribution in [0.15, 0.2) is 48.5 Å². The Hall–Kier alpha value is -2.53. The van der Waals surface area contributed by atoms with Crippen molar-refractivity contribution in [3.8, 4) is 5.75 Å². The number of rotatable bonds is 4. The van der Waals surface area contributed by atoms with Gasteiger partial charge in [0.05, 0.1) is 7.11 Å². The Balaban J connectivity index is 1.54. The number of carbonyl (C=O) groups is 2. The van der Waals surface area contributed by atoms with E-state index in [1.165, 1.54) is 0 Å². The van der Waals surface area contributed by atoms with Crippen molar-refractivity contribution in [2.45, 2.75) is 12.8 Å². The first-order chi connectivity index (χ1) is 12.6. The van der Waals surface area contributed by atoms with Crippen molar-refractivity contribution in [3.63, 3.8) is 0 Å². The van der Waals surface area contributed by atoms with E-state index in [9.17, 15) is 9.59 Å². The Labute approximate surface area is 157 Å². The summed E-state index contributed by atoms with van der Waals surface area (Å²) in [7, 11) is 1.59. The maximum atomic E-state index is 12.6. The summed E-state index contributed by atoms with van der Waals surface area (Å²) in [5.41, 5.74) is 1.33. The molecule has 0 spiro atoms. The van der Waals surface area contributed by atoms with E-state index < -0.39 is 0 Å². The van der Waals surface area contributed by atoms with E-state index in [4.69, 9.17) is 16.3 Å². The molecule has 0 aliphatic carbocycles. The number of anilines is 1. The highest BCUT2D eigenvalue weighted by Crippen LogP contribution is 2.22. The lowest BCUT2D eigenvalue weighted by atomic mass is 9.95. The molecule has 1 aliphatic rings. The Kier molecular flexibility index (Phi) is 5.78. The summed E-state index contributed by atoms with van der Waals surface area (Å²) < 4.78 is 5.11. The van der Waals surface area contributed by atoms with Gasteiger partial charge in [0.25, 0.3) is 5.91 Å². The zero-order valence-corrected chi connectivity index (χ0v) is 15.3. The van der Waals surface area contributed by atoms with Gasteiger partial charge in [0.15, 0.2) is 0 Å². The highest BCUT2D eigenvalue weighted by Gasteiger charge is 2.27. The minimum atomic E-state index is -0.103. The molecule has 0 aromatic heterocycles. The fourth-order valence-electron chi connectivity index (χ4n) is 3.07. The summed E-state index contributed by atoms with van der Waals surface area (Å²) in [5.74, 6) is 0.581. The third kappa shape index (κ3) is 4.35. The normalized spacial score (nSPS) is 14.8. The van der Waals surface area contributed by atoms with E-state index in [1.807, 2.05) is 6.07 Å². The molecule has 0 bridgehead atoms. The number of likely N-dealkylation sites (tertiary alicyclic amines) is 1. The number of hydrogen-bond acceptors (Lipinski definition) is 3. The van der Waals surface area contributed by atoms with Crippen LogP contribution in [0, 0.1) is 5.92 Å². The van der Waals surface area contributed by atoms with E-state index in [2.05, 4.69) is 5.32 Å². The van der Waals surface area contributed by atoms with Crippen LogP contribution in [0.2, 0.25) is 5.02 Å². The lowest BCUT2D eigenvalue weighted by Gasteiger charge is -2.31. The molecule has 0 atom stereocenters. The van der Waals surface area contributed by atoms with Gasteiger partial charge in [0, 0.05) is 35.3 Å². The quantitative estimate of drug-likeness (QED) is 0.887. The molecule has 5 nitrogen and oxygen atoms in total. The van der Waals surface area contributed by atoms with Crippen LogP contribution in [0.5, 0.6) is 5.75 Å². The summed E-state index contributed by atoms with van der Waals surface area (Å²) in [5, 5.41) is 3.49. The van der Waals surface area contributed by atoms with Gasteiger partial charge < -0.3 is 15.0 Å². The number of nitrogens with zero attached hydrogens (tertiary/aromatic N) is 1. The number of hydrogen-bond donors (Lipinski definition) is 1. The fraction of sp³-hybridized carbons (Fsp3) is 0.300. The molecule has 0 unspecified atom stereocenters. The van der Waals surface area contributed by atoms with Crippen molar-refractivity contribution < 1.29 is 14.3 Å². The van der Waals surface area contributed by atoms with Crippen LogP contribution in [0.25, 0.3) is 0 Å². The average molecular weight is 373 g/mol. The Morgan fingerprint density at radius 2 is 1.81 bits per heavy atom. The SMILES string of the molecule is COc1ccc(C(=O)N2CCC(C(=O)Nc3cccc(Cl)c3)CC2)cc1. The van der Waals surface area contributed by atoms with E-state index in [0.717, 1.165) is 5.75 Å². The number of benzene rings is 2. The van der Waals surface area contributed by atoms with E-state index in [-0.39, 0.29) is 17.7 Å². The Morgan fingerprint density at radius 1 is 1.12 bits per heavy atom. The van der Waals surface area contributed by atoms with Crippen LogP contribution in [-0.2, 0) is 4.79 Å². The van der Waals surface area contributed by atoms with E-state index in [0.29, 0.717) is 42.2 Å². The van der Waals surface area contributed by atoms with Gasteiger partial charge in [-0.1, -0.05) is 17.7 Å². The molecule has 6 heteroatoms. The molecule has 2 aromatic carbocycles. The molecule has 26 heavy (non-hydrogen) atoms. The Morgan fingerprint density at radius 3 is 2.42 bits per heavy atom. The van der Waals surface area contributed by atoms with Crippen molar-refractivity contribution in [2.24, 2.45) is 5.92 Å². The highest BCUT2D eigenvalue weighted by molar-refractivity contribution is 6.30. The second-order valence-electron chi connectivity index (χ2n) is 6.29. The number of nitrogens with one attached hydrogen (secondary N) is 1. The first-order valence-electron chi connectivity index (χ1n) is 8.56. The van der Waals surface area contributed by atoms with Gasteiger partial charge in [0.2, 0.25) is 5.91 Å². The third-order valence-electron chi connectivity index (χ3n) is 4.58. The van der Waals surface area contributed by atoms with Gasteiger partial charge in [-0.3, -0.25) is 9.59 Å². The number of amides is 2. The molecule has 1 fully saturated rings. The first kappa shape index (κ1) is 18.3. The molecule has 3 rings (SSSR count). The summed E-state index contributed by atoms with van der Waals surface area (Å²) >= 11 is 5.94. The molecule has 2 amide bonds. The van der Waals surface area contributed by atoms with Crippen molar-refractivity contribution in [1.29, 1.82) is 0 Å². The number of piperidine rings is 1. The summed E-state index contributed by atoms with van der Waals surface area (Å²) in [4.78, 5) is 26.8. The molecular formula is C20H21ClN2O3. The Bertz CT molecular complexity index is 784. The topological polar surface area (TPSA) is 58.6 Å². The first-order valence-corrected chi connectivity index (χ1v) is 8.94. The minimum Gasteiger partial charge on any atom is -0.497 e. The van der Waals surface area contributed by atoms with Crippen LogP contribution >= 0.6 is 11.6 Å². The maximum Gasteiger partial charge on any atom is 0.253 e. The number of methoxy groups -OCH3 is 1. The largest absolute Gasteiger partial charge is 0.497 e. The molecule has 1 heterocycles. The molecule has 0 radical (unpaired) electrons. The van der Waals surface area contributed by atoms with E-state index in [1.54, 1.807) is 54.5 Å². The van der Waals surface area contributed by atoms with Crippen LogP contribution in [0.3, 0.4) is 0 Å². The zero-order valence-electron chi connectivity index (χ0n) is 14.6. The average Bonchev–Trinajstić information content (AvgIpc) is 2.67. The minimum absolute atomic E-state index is 0.0126. The summed E-state index contributed by atoms with van der Waals surface area (Å²) in [6.45, 7) is 1.14. The van der Waals surface area contributed by atoms with Crippen molar-refractivity contribution in [2.75, 3.05) is 25.5 Å². The smallest absolute Gasteiger partial charge is 0.253 e. The lowest BCUT2D eigenvalue weighted by Crippen LogP contribution is -2.41. The van der Waals surface area contributed by atoms with Gasteiger partial charge in [-0.15, -0.1) is 0 Å². The van der Waals surface area contributed by atoms with Gasteiger partial charge in [-0.2, -0.15) is 0 Å². The highest BCUT2D eigenvalue weighted by atomic mass is 35.5. The maximum absolute atomic E-state index is 12.6. The second-order valence-corrected chi connectivity index (χ2v) is 6.73.